The average Bonchev–Trinajstić information content (AvgIpc) is 2.95. The van der Waals surface area contributed by atoms with E-state index in [1.54, 1.807) is 11.8 Å². The number of hydrogen-bond donors (Lipinski definition) is 1. The van der Waals surface area contributed by atoms with E-state index in [1.807, 2.05) is 6.92 Å². The fourth-order valence-corrected chi connectivity index (χ4v) is 2.69. The number of aliphatic hydroxyl groups excluding tert-OH is 1. The Kier molecular flexibility index (Phi) is 5.52. The molecule has 7 heteroatoms. The van der Waals surface area contributed by atoms with Crippen molar-refractivity contribution < 1.29 is 22.7 Å². The van der Waals surface area contributed by atoms with Gasteiger partial charge in [0.25, 0.3) is 0 Å². The molecule has 2 rings (SSSR count). The first-order valence-corrected chi connectivity index (χ1v) is 7.86. The van der Waals surface area contributed by atoms with Gasteiger partial charge in [-0.3, -0.25) is 0 Å². The summed E-state index contributed by atoms with van der Waals surface area (Å²) < 4.78 is 42.8. The fraction of sp³-hybridized carbons (Fsp3) is 0.400. The summed E-state index contributed by atoms with van der Waals surface area (Å²) in [6.07, 6.45) is -2.84. The van der Waals surface area contributed by atoms with Crippen molar-refractivity contribution in [1.29, 1.82) is 0 Å². The van der Waals surface area contributed by atoms with Gasteiger partial charge in [-0.05, 0) is 35.9 Å². The third kappa shape index (κ3) is 4.51. The first kappa shape index (κ1) is 16.9. The molecular weight excluding hydrogens is 315 g/mol. The van der Waals surface area contributed by atoms with Crippen LogP contribution in [0.1, 0.15) is 18.2 Å². The quantitative estimate of drug-likeness (QED) is 0.861. The van der Waals surface area contributed by atoms with E-state index >= 15 is 0 Å². The standard InChI is InChI=1S/C15H16F3NO2S/c1-10(6-20)8-22-9-13-7-21-14(19-13)11-2-4-12(5-3-11)15(16,17)18/h2-5,7,10,20H,6,8-9H2,1H3. The summed E-state index contributed by atoms with van der Waals surface area (Å²) in [5.41, 5.74) is 0.537. The molecule has 0 saturated carbocycles. The largest absolute Gasteiger partial charge is 0.444 e. The Morgan fingerprint density at radius 3 is 2.55 bits per heavy atom. The summed E-state index contributed by atoms with van der Waals surface area (Å²) in [5.74, 6) is 1.96. The zero-order chi connectivity index (χ0) is 16.2. The molecule has 22 heavy (non-hydrogen) atoms. The van der Waals surface area contributed by atoms with Crippen LogP contribution in [-0.4, -0.2) is 22.5 Å². The van der Waals surface area contributed by atoms with Crippen LogP contribution in [0.25, 0.3) is 11.5 Å². The Labute approximate surface area is 130 Å². The van der Waals surface area contributed by atoms with E-state index < -0.39 is 11.7 Å². The van der Waals surface area contributed by atoms with Crippen LogP contribution in [0, 0.1) is 5.92 Å². The fourth-order valence-electron chi connectivity index (χ4n) is 1.73. The van der Waals surface area contributed by atoms with Crippen LogP contribution >= 0.6 is 11.8 Å². The number of benzene rings is 1. The third-order valence-corrected chi connectivity index (χ3v) is 4.28. The maximum absolute atomic E-state index is 12.5. The molecule has 2 aromatic rings. The molecule has 1 atom stereocenters. The molecule has 0 aliphatic rings. The van der Waals surface area contributed by atoms with Gasteiger partial charge in [-0.25, -0.2) is 4.98 Å². The van der Waals surface area contributed by atoms with Gasteiger partial charge in [0, 0.05) is 17.9 Å². The van der Waals surface area contributed by atoms with Gasteiger partial charge < -0.3 is 9.52 Å². The third-order valence-electron chi connectivity index (χ3n) is 2.97. The number of aromatic nitrogens is 1. The van der Waals surface area contributed by atoms with Crippen LogP contribution in [0.2, 0.25) is 0 Å². The Bertz CT molecular complexity index is 596. The molecule has 0 spiro atoms. The lowest BCUT2D eigenvalue weighted by molar-refractivity contribution is -0.137. The van der Waals surface area contributed by atoms with Crippen molar-refractivity contribution in [3.8, 4) is 11.5 Å². The van der Waals surface area contributed by atoms with Crippen LogP contribution in [-0.2, 0) is 11.9 Å². The Morgan fingerprint density at radius 2 is 1.95 bits per heavy atom. The van der Waals surface area contributed by atoms with Gasteiger partial charge in [0.05, 0.1) is 11.3 Å². The Morgan fingerprint density at radius 1 is 1.27 bits per heavy atom. The molecule has 0 bridgehead atoms. The van der Waals surface area contributed by atoms with E-state index in [1.165, 1.54) is 18.4 Å². The molecule has 0 aliphatic heterocycles. The highest BCUT2D eigenvalue weighted by Crippen LogP contribution is 2.31. The van der Waals surface area contributed by atoms with Crippen molar-refractivity contribution in [1.82, 2.24) is 4.98 Å². The molecule has 0 amide bonds. The van der Waals surface area contributed by atoms with Crippen LogP contribution in [0.15, 0.2) is 34.9 Å². The molecule has 120 valence electrons. The molecule has 0 saturated heterocycles. The summed E-state index contributed by atoms with van der Waals surface area (Å²) in [5, 5.41) is 8.94. The highest BCUT2D eigenvalue weighted by Gasteiger charge is 2.30. The topological polar surface area (TPSA) is 46.3 Å². The number of nitrogens with zero attached hydrogens (tertiary/aromatic N) is 1. The first-order valence-electron chi connectivity index (χ1n) is 6.71. The van der Waals surface area contributed by atoms with Gasteiger partial charge in [-0.2, -0.15) is 24.9 Å². The molecule has 1 unspecified atom stereocenters. The number of halogens is 3. The van der Waals surface area contributed by atoms with E-state index in [0.717, 1.165) is 23.6 Å². The highest BCUT2D eigenvalue weighted by molar-refractivity contribution is 7.98. The molecule has 1 aromatic heterocycles. The molecular formula is C15H16F3NO2S. The smallest absolute Gasteiger partial charge is 0.416 e. The van der Waals surface area contributed by atoms with Crippen molar-refractivity contribution >= 4 is 11.8 Å². The summed E-state index contributed by atoms with van der Waals surface area (Å²) in [6, 6.07) is 4.71. The summed E-state index contributed by atoms with van der Waals surface area (Å²) in [7, 11) is 0. The predicted octanol–water partition coefficient (Wildman–Crippen LogP) is 4.22. The predicted molar refractivity (Wildman–Crippen MR) is 79.4 cm³/mol. The van der Waals surface area contributed by atoms with Gasteiger partial charge in [-0.1, -0.05) is 6.92 Å². The molecule has 0 radical (unpaired) electrons. The van der Waals surface area contributed by atoms with Crippen LogP contribution in [0.3, 0.4) is 0 Å². The number of thioether (sulfide) groups is 1. The Hall–Kier alpha value is -1.47. The minimum absolute atomic E-state index is 0.141. The number of alkyl halides is 3. The Balaban J connectivity index is 1.99. The van der Waals surface area contributed by atoms with Crippen LogP contribution in [0.4, 0.5) is 13.2 Å². The SMILES string of the molecule is CC(CO)CSCc1coc(-c2ccc(C(F)(F)F)cc2)n1. The van der Waals surface area contributed by atoms with Crippen molar-refractivity contribution in [3.63, 3.8) is 0 Å². The van der Waals surface area contributed by atoms with Gasteiger partial charge in [-0.15, -0.1) is 0 Å². The van der Waals surface area contributed by atoms with E-state index in [4.69, 9.17) is 9.52 Å². The van der Waals surface area contributed by atoms with Gasteiger partial charge in [0.15, 0.2) is 0 Å². The zero-order valence-electron chi connectivity index (χ0n) is 11.9. The molecule has 1 aromatic carbocycles. The second-order valence-corrected chi connectivity index (χ2v) is 6.05. The number of rotatable bonds is 6. The van der Waals surface area contributed by atoms with Crippen molar-refractivity contribution in [3.05, 3.63) is 41.8 Å². The summed E-state index contributed by atoms with van der Waals surface area (Å²) >= 11 is 1.62. The van der Waals surface area contributed by atoms with E-state index in [-0.39, 0.29) is 12.5 Å². The normalized spacial score (nSPS) is 13.3. The first-order chi connectivity index (χ1) is 10.4. The van der Waals surface area contributed by atoms with Crippen LogP contribution in [0.5, 0.6) is 0 Å². The number of aliphatic hydroxyl groups is 1. The second kappa shape index (κ2) is 7.19. The van der Waals surface area contributed by atoms with E-state index in [2.05, 4.69) is 4.98 Å². The van der Waals surface area contributed by atoms with Crippen molar-refractivity contribution in [2.24, 2.45) is 5.92 Å². The monoisotopic (exact) mass is 331 g/mol. The molecule has 1 heterocycles. The van der Waals surface area contributed by atoms with E-state index in [9.17, 15) is 13.2 Å². The lowest BCUT2D eigenvalue weighted by Crippen LogP contribution is -2.04. The minimum Gasteiger partial charge on any atom is -0.444 e. The van der Waals surface area contributed by atoms with Crippen molar-refractivity contribution in [2.45, 2.75) is 18.9 Å². The van der Waals surface area contributed by atoms with Crippen molar-refractivity contribution in [2.75, 3.05) is 12.4 Å². The summed E-state index contributed by atoms with van der Waals surface area (Å²) in [4.78, 5) is 4.26. The maximum Gasteiger partial charge on any atom is 0.416 e. The lowest BCUT2D eigenvalue weighted by Gasteiger charge is -2.06. The molecule has 1 N–H and O–H groups in total. The summed E-state index contributed by atoms with van der Waals surface area (Å²) in [6.45, 7) is 2.09. The second-order valence-electron chi connectivity index (χ2n) is 5.02. The zero-order valence-corrected chi connectivity index (χ0v) is 12.7. The molecule has 0 fully saturated rings. The minimum atomic E-state index is -4.35. The van der Waals surface area contributed by atoms with Gasteiger partial charge in [0.1, 0.15) is 6.26 Å². The van der Waals surface area contributed by atoms with E-state index in [0.29, 0.717) is 17.2 Å². The number of oxazole rings is 1. The number of hydrogen-bond acceptors (Lipinski definition) is 4. The van der Waals surface area contributed by atoms with Crippen LogP contribution < -0.4 is 0 Å². The van der Waals surface area contributed by atoms with Gasteiger partial charge in [0.2, 0.25) is 5.89 Å². The van der Waals surface area contributed by atoms with Gasteiger partial charge >= 0.3 is 6.18 Å². The lowest BCUT2D eigenvalue weighted by atomic mass is 10.1. The molecule has 0 aliphatic carbocycles. The average molecular weight is 331 g/mol. The molecule has 3 nitrogen and oxygen atoms in total. The highest BCUT2D eigenvalue weighted by atomic mass is 32.2. The maximum atomic E-state index is 12.5.